The zero-order chi connectivity index (χ0) is 36.1. The molecule has 0 radical (unpaired) electrons. The molecule has 266 valence electrons. The lowest BCUT2D eigenvalue weighted by Crippen LogP contribution is -2.63. The molecule has 0 bridgehead atoms. The third kappa shape index (κ3) is 9.71. The number of piperidine rings is 1. The van der Waals surface area contributed by atoms with Crippen LogP contribution in [-0.4, -0.2) is 78.8 Å². The summed E-state index contributed by atoms with van der Waals surface area (Å²) < 4.78 is 24.6. The number of sulfone groups is 1. The highest BCUT2D eigenvalue weighted by Crippen LogP contribution is 2.65. The Morgan fingerprint density at radius 1 is 0.979 bits per heavy atom. The van der Waals surface area contributed by atoms with Gasteiger partial charge >= 0.3 is 6.03 Å². The van der Waals surface area contributed by atoms with E-state index < -0.39 is 62.3 Å². The zero-order valence-electron chi connectivity index (χ0n) is 29.7. The van der Waals surface area contributed by atoms with E-state index in [0.29, 0.717) is 38.6 Å². The molecule has 2 aliphatic carbocycles. The maximum Gasteiger partial charge on any atom is 0.315 e. The lowest BCUT2D eigenvalue weighted by molar-refractivity contribution is -0.144. The molecule has 2 saturated carbocycles. The summed E-state index contributed by atoms with van der Waals surface area (Å²) >= 11 is 0. The fourth-order valence-electron chi connectivity index (χ4n) is 7.95. The Balaban J connectivity index is 1.82. The number of rotatable bonds is 16. The fraction of sp³-hybridized carbons (Fsp3) is 0.757. The van der Waals surface area contributed by atoms with Crippen LogP contribution in [0, 0.1) is 53.3 Å². The summed E-state index contributed by atoms with van der Waals surface area (Å²) in [4.78, 5) is 69.6. The Labute approximate surface area is 287 Å². The highest BCUT2D eigenvalue weighted by atomic mass is 32.2. The van der Waals surface area contributed by atoms with Crippen LogP contribution >= 0.6 is 0 Å². The van der Waals surface area contributed by atoms with Crippen molar-refractivity contribution in [1.82, 2.24) is 15.5 Å². The van der Waals surface area contributed by atoms with Crippen LogP contribution in [0.5, 0.6) is 0 Å². The van der Waals surface area contributed by atoms with Crippen molar-refractivity contribution < 1.29 is 32.4 Å². The number of carbonyl (C=O) groups is 5. The van der Waals surface area contributed by atoms with Gasteiger partial charge in [0.05, 0.1) is 17.3 Å². The Kier molecular flexibility index (Phi) is 12.7. The monoisotopic (exact) mass is 685 g/mol. The van der Waals surface area contributed by atoms with Crippen LogP contribution in [0.4, 0.5) is 4.79 Å². The van der Waals surface area contributed by atoms with Crippen molar-refractivity contribution in [3.8, 4) is 24.7 Å². The van der Waals surface area contributed by atoms with Gasteiger partial charge in [0.1, 0.15) is 15.9 Å². The smallest absolute Gasteiger partial charge is 0.315 e. The number of hydrogen-bond donors (Lipinski definition) is 2. The molecule has 3 aliphatic rings. The van der Waals surface area contributed by atoms with Gasteiger partial charge in [0, 0.05) is 44.4 Å². The van der Waals surface area contributed by atoms with Gasteiger partial charge in [0.25, 0.3) is 0 Å². The van der Waals surface area contributed by atoms with E-state index in [-0.39, 0.29) is 54.5 Å². The third-order valence-corrected chi connectivity index (χ3v) is 11.7. The molecule has 3 rings (SSSR count). The highest BCUT2D eigenvalue weighted by molar-refractivity contribution is 7.90. The van der Waals surface area contributed by atoms with E-state index in [1.165, 1.54) is 0 Å². The van der Waals surface area contributed by atoms with Crippen molar-refractivity contribution in [3.63, 3.8) is 0 Å². The van der Waals surface area contributed by atoms with Crippen LogP contribution < -0.4 is 10.6 Å². The van der Waals surface area contributed by atoms with E-state index in [2.05, 4.69) is 36.3 Å². The maximum atomic E-state index is 14.4. The van der Waals surface area contributed by atoms with Crippen LogP contribution in [0.1, 0.15) is 112 Å². The molecule has 5 atom stereocenters. The molecule has 48 heavy (non-hydrogen) atoms. The second-order valence-corrected chi connectivity index (χ2v) is 18.1. The molecule has 0 aromatic carbocycles. The van der Waals surface area contributed by atoms with Gasteiger partial charge in [0.2, 0.25) is 11.7 Å². The number of hydrogen-bond acceptors (Lipinski definition) is 7. The number of ketones is 3. The number of amides is 3. The standard InChI is InChI=1S/C37H55N3O7S/c1-9-11-13-15-19-27(41)31(43)25(18-12-10-2)22-28(42)30-29-26(36(29,6)7)23-40(30)33(44)32(35(3,4)5)38-34(45)39-37(24-48(8,46)47)20-16-14-17-21-37/h1-2,25-26,29-30,32H,11-24H2,3-8H3,(H2,38,39,45)/t25?,26-,29-,30+,32+/m0/s1. The molecule has 3 amide bonds. The van der Waals surface area contributed by atoms with E-state index in [0.717, 1.165) is 25.5 Å². The second kappa shape index (κ2) is 15.6. The summed E-state index contributed by atoms with van der Waals surface area (Å²) in [6.45, 7) is 9.92. The number of likely N-dealkylation sites (tertiary alicyclic amines) is 1. The average molecular weight is 686 g/mol. The molecule has 2 N–H and O–H groups in total. The minimum absolute atomic E-state index is 0.0551. The van der Waals surface area contributed by atoms with Crippen molar-refractivity contribution in [2.45, 2.75) is 129 Å². The number of urea groups is 1. The molecule has 11 heteroatoms. The van der Waals surface area contributed by atoms with Gasteiger partial charge in [-0.25, -0.2) is 13.2 Å². The molecule has 0 aromatic heterocycles. The molecular formula is C37H55N3O7S. The Morgan fingerprint density at radius 2 is 1.60 bits per heavy atom. The van der Waals surface area contributed by atoms with Gasteiger partial charge in [-0.1, -0.05) is 53.9 Å². The topological polar surface area (TPSA) is 147 Å². The predicted octanol–water partition coefficient (Wildman–Crippen LogP) is 4.25. The van der Waals surface area contributed by atoms with Gasteiger partial charge in [-0.2, -0.15) is 0 Å². The molecule has 10 nitrogen and oxygen atoms in total. The van der Waals surface area contributed by atoms with E-state index in [1.807, 2.05) is 20.8 Å². The summed E-state index contributed by atoms with van der Waals surface area (Å²) in [6, 6.07) is -2.45. The summed E-state index contributed by atoms with van der Waals surface area (Å²) in [7, 11) is -3.40. The number of unbranched alkanes of at least 4 members (excludes halogenated alkanes) is 2. The molecule has 1 heterocycles. The summed E-state index contributed by atoms with van der Waals surface area (Å²) in [6.07, 6.45) is 17.4. The third-order valence-electron chi connectivity index (χ3n) is 10.6. The lowest BCUT2D eigenvalue weighted by atomic mass is 9.82. The average Bonchev–Trinajstić information content (AvgIpc) is 3.30. The number of nitrogens with zero attached hydrogens (tertiary/aromatic N) is 1. The summed E-state index contributed by atoms with van der Waals surface area (Å²) in [5, 5.41) is 5.78. The van der Waals surface area contributed by atoms with Gasteiger partial charge in [-0.3, -0.25) is 19.2 Å². The Hall–Kier alpha value is -3.18. The number of carbonyl (C=O) groups excluding carboxylic acids is 5. The highest BCUT2D eigenvalue weighted by Gasteiger charge is 2.69. The first kappa shape index (κ1) is 39.3. The van der Waals surface area contributed by atoms with Crippen molar-refractivity contribution in [3.05, 3.63) is 0 Å². The molecular weight excluding hydrogens is 630 g/mol. The molecule has 0 spiro atoms. The van der Waals surface area contributed by atoms with Gasteiger partial charge < -0.3 is 15.5 Å². The first-order valence-corrected chi connectivity index (χ1v) is 19.4. The van der Waals surface area contributed by atoms with Crippen molar-refractivity contribution in [2.24, 2.45) is 28.6 Å². The van der Waals surface area contributed by atoms with Crippen molar-refractivity contribution in [1.29, 1.82) is 0 Å². The second-order valence-electron chi connectivity index (χ2n) is 16.0. The zero-order valence-corrected chi connectivity index (χ0v) is 30.5. The normalized spacial score (nSPS) is 23.8. The number of fused-ring (bicyclic) bond motifs is 1. The lowest BCUT2D eigenvalue weighted by Gasteiger charge is -2.40. The van der Waals surface area contributed by atoms with Gasteiger partial charge in [-0.05, 0) is 54.8 Å². The van der Waals surface area contributed by atoms with Crippen molar-refractivity contribution >= 4 is 39.1 Å². The largest absolute Gasteiger partial charge is 0.332 e. The summed E-state index contributed by atoms with van der Waals surface area (Å²) in [5.74, 6) is 2.06. The van der Waals surface area contributed by atoms with Crippen LogP contribution in [0.2, 0.25) is 0 Å². The first-order valence-electron chi connectivity index (χ1n) is 17.3. The van der Waals surface area contributed by atoms with Crippen LogP contribution in [0.25, 0.3) is 0 Å². The molecule has 1 unspecified atom stereocenters. The quantitative estimate of drug-likeness (QED) is 0.140. The van der Waals surface area contributed by atoms with Crippen LogP contribution in [0.3, 0.4) is 0 Å². The van der Waals surface area contributed by atoms with E-state index in [1.54, 1.807) is 4.90 Å². The Bertz CT molecular complexity index is 1440. The molecule has 0 aromatic rings. The number of terminal acetylenes is 2. The minimum Gasteiger partial charge on any atom is -0.332 e. The SMILES string of the molecule is C#CCCCCC(=O)C(=O)C(CCC#C)CC(=O)[C@@H]1[C@@H]2[C@H](CN1C(=O)[C@@H](NC(=O)NC1(CS(C)(=O)=O)CCCCC1)C(C)(C)C)C2(C)C. The van der Waals surface area contributed by atoms with Crippen LogP contribution in [0.15, 0.2) is 0 Å². The molecule has 3 fully saturated rings. The van der Waals surface area contributed by atoms with E-state index in [9.17, 15) is 32.4 Å². The van der Waals surface area contributed by atoms with Crippen LogP contribution in [-0.2, 0) is 29.0 Å². The molecule has 1 saturated heterocycles. The summed E-state index contributed by atoms with van der Waals surface area (Å²) in [5.41, 5.74) is -1.86. The Morgan fingerprint density at radius 3 is 2.17 bits per heavy atom. The minimum atomic E-state index is -3.40. The van der Waals surface area contributed by atoms with Crippen molar-refractivity contribution in [2.75, 3.05) is 18.6 Å². The van der Waals surface area contributed by atoms with E-state index >= 15 is 0 Å². The van der Waals surface area contributed by atoms with Gasteiger partial charge in [0.15, 0.2) is 11.6 Å². The maximum absolute atomic E-state index is 14.4. The first-order chi connectivity index (χ1) is 22.3. The van der Waals surface area contributed by atoms with Gasteiger partial charge in [-0.15, -0.1) is 24.7 Å². The predicted molar refractivity (Wildman–Crippen MR) is 185 cm³/mol. The number of nitrogens with one attached hydrogen (secondary N) is 2. The van der Waals surface area contributed by atoms with E-state index in [4.69, 9.17) is 12.8 Å². The number of Topliss-reactive ketones (excluding diaryl/α,β-unsaturated/α-hetero) is 3. The fourth-order valence-corrected chi connectivity index (χ4v) is 9.32. The molecule has 1 aliphatic heterocycles.